The average molecular weight is 426 g/mol. The molecule has 1 amide bonds. The first-order chi connectivity index (χ1) is 14.9. The van der Waals surface area contributed by atoms with E-state index in [4.69, 9.17) is 9.47 Å². The summed E-state index contributed by atoms with van der Waals surface area (Å²) in [4.78, 5) is 14.2. The van der Waals surface area contributed by atoms with E-state index in [9.17, 15) is 4.79 Å². The molecule has 1 aromatic carbocycles. The van der Waals surface area contributed by atoms with E-state index in [0.29, 0.717) is 12.0 Å². The van der Waals surface area contributed by atoms with Crippen LogP contribution in [0.1, 0.15) is 63.1 Å². The minimum absolute atomic E-state index is 0.200. The molecule has 4 rings (SSSR count). The maximum Gasteiger partial charge on any atom is 0.410 e. The van der Waals surface area contributed by atoms with Crippen molar-refractivity contribution in [2.45, 2.75) is 77.5 Å². The van der Waals surface area contributed by atoms with Crippen LogP contribution in [0.3, 0.4) is 0 Å². The fourth-order valence-electron chi connectivity index (χ4n) is 4.48. The van der Waals surface area contributed by atoms with Crippen LogP contribution in [0.5, 0.6) is 5.75 Å². The van der Waals surface area contributed by atoms with Crippen molar-refractivity contribution in [3.05, 3.63) is 35.7 Å². The van der Waals surface area contributed by atoms with E-state index < -0.39 is 0 Å². The maximum absolute atomic E-state index is 12.5. The van der Waals surface area contributed by atoms with Crippen molar-refractivity contribution in [3.8, 4) is 16.9 Å². The van der Waals surface area contributed by atoms with Gasteiger partial charge in [-0.1, -0.05) is 12.5 Å². The molecule has 6 nitrogen and oxygen atoms in total. The number of carbonyl (C=O) groups is 1. The third kappa shape index (κ3) is 5.05. The van der Waals surface area contributed by atoms with Crippen molar-refractivity contribution in [1.29, 1.82) is 0 Å². The molecule has 0 saturated heterocycles. The average Bonchev–Trinajstić information content (AvgIpc) is 3.56. The smallest absolute Gasteiger partial charge is 0.410 e. The van der Waals surface area contributed by atoms with Gasteiger partial charge in [0.1, 0.15) is 12.4 Å². The van der Waals surface area contributed by atoms with E-state index in [2.05, 4.69) is 37.1 Å². The Morgan fingerprint density at radius 2 is 1.97 bits per heavy atom. The van der Waals surface area contributed by atoms with Gasteiger partial charge in [-0.25, -0.2) is 4.79 Å². The molecule has 1 aromatic heterocycles. The van der Waals surface area contributed by atoms with Crippen molar-refractivity contribution >= 4 is 6.09 Å². The van der Waals surface area contributed by atoms with Crippen LogP contribution >= 0.6 is 0 Å². The normalized spacial score (nSPS) is 17.9. The third-order valence-corrected chi connectivity index (χ3v) is 6.93. The van der Waals surface area contributed by atoms with Gasteiger partial charge in [-0.15, -0.1) is 0 Å². The number of carbonyl (C=O) groups excluding carboxylic acids is 1. The van der Waals surface area contributed by atoms with Crippen molar-refractivity contribution < 1.29 is 14.3 Å². The highest BCUT2D eigenvalue weighted by atomic mass is 16.6. The van der Waals surface area contributed by atoms with E-state index in [1.165, 1.54) is 32.1 Å². The first-order valence-corrected chi connectivity index (χ1v) is 11.6. The van der Waals surface area contributed by atoms with Crippen LogP contribution in [0.25, 0.3) is 11.1 Å². The molecule has 0 N–H and O–H groups in total. The molecule has 0 bridgehead atoms. The number of hydrogen-bond acceptors (Lipinski definition) is 4. The van der Waals surface area contributed by atoms with Crippen LogP contribution in [-0.4, -0.2) is 40.0 Å². The summed E-state index contributed by atoms with van der Waals surface area (Å²) in [5.74, 6) is 1.57. The monoisotopic (exact) mass is 425 g/mol. The van der Waals surface area contributed by atoms with Gasteiger partial charge in [0.2, 0.25) is 0 Å². The highest BCUT2D eigenvalue weighted by Gasteiger charge is 2.33. The van der Waals surface area contributed by atoms with Gasteiger partial charge in [-0.05, 0) is 81.5 Å². The highest BCUT2D eigenvalue weighted by molar-refractivity contribution is 5.70. The first-order valence-electron chi connectivity index (χ1n) is 11.6. The Hall–Kier alpha value is -2.50. The predicted molar refractivity (Wildman–Crippen MR) is 121 cm³/mol. The Labute approximate surface area is 185 Å². The van der Waals surface area contributed by atoms with Gasteiger partial charge in [-0.2, -0.15) is 5.10 Å². The zero-order valence-electron chi connectivity index (χ0n) is 19.3. The number of rotatable bonds is 7. The van der Waals surface area contributed by atoms with E-state index >= 15 is 0 Å². The molecular weight excluding hydrogens is 390 g/mol. The number of aryl methyl sites for hydroxylation is 2. The molecule has 2 aromatic rings. The third-order valence-electron chi connectivity index (χ3n) is 6.93. The van der Waals surface area contributed by atoms with E-state index in [0.717, 1.165) is 41.0 Å². The molecule has 0 radical (unpaired) electrons. The van der Waals surface area contributed by atoms with Gasteiger partial charge < -0.3 is 14.4 Å². The van der Waals surface area contributed by atoms with E-state index in [-0.39, 0.29) is 18.7 Å². The molecular formula is C25H35N3O3. The summed E-state index contributed by atoms with van der Waals surface area (Å²) in [6.45, 7) is 4.38. The van der Waals surface area contributed by atoms with Crippen LogP contribution in [0.4, 0.5) is 4.79 Å². The van der Waals surface area contributed by atoms with Crippen LogP contribution in [-0.2, 0) is 18.4 Å². The van der Waals surface area contributed by atoms with E-state index in [1.54, 1.807) is 9.58 Å². The van der Waals surface area contributed by atoms with Gasteiger partial charge in [-0.3, -0.25) is 4.68 Å². The Morgan fingerprint density at radius 1 is 1.23 bits per heavy atom. The molecule has 6 heteroatoms. The number of benzene rings is 1. The molecule has 2 aliphatic rings. The van der Waals surface area contributed by atoms with Crippen molar-refractivity contribution in [2.75, 3.05) is 7.05 Å². The molecule has 2 fully saturated rings. The zero-order valence-corrected chi connectivity index (χ0v) is 19.3. The molecule has 2 saturated carbocycles. The van der Waals surface area contributed by atoms with Crippen molar-refractivity contribution in [1.82, 2.24) is 14.7 Å². The zero-order chi connectivity index (χ0) is 22.0. The molecule has 1 atom stereocenters. The molecule has 0 spiro atoms. The summed E-state index contributed by atoms with van der Waals surface area (Å²) in [5.41, 5.74) is 4.06. The Bertz CT molecular complexity index is 913. The minimum Gasteiger partial charge on any atom is -0.490 e. The number of hydrogen-bond donors (Lipinski definition) is 0. The molecule has 2 aliphatic carbocycles. The lowest BCUT2D eigenvalue weighted by molar-refractivity contribution is 0.0883. The molecule has 31 heavy (non-hydrogen) atoms. The number of amides is 1. The second-order valence-electron chi connectivity index (χ2n) is 9.23. The Morgan fingerprint density at radius 3 is 2.65 bits per heavy atom. The lowest BCUT2D eigenvalue weighted by Crippen LogP contribution is -2.36. The highest BCUT2D eigenvalue weighted by Crippen LogP contribution is 2.35. The van der Waals surface area contributed by atoms with Crippen molar-refractivity contribution in [3.63, 3.8) is 0 Å². The summed E-state index contributed by atoms with van der Waals surface area (Å²) in [7, 11) is 3.71. The summed E-state index contributed by atoms with van der Waals surface area (Å²) in [6.07, 6.45) is 10.4. The Kier molecular flexibility index (Phi) is 6.54. The summed E-state index contributed by atoms with van der Waals surface area (Å²) in [5, 5.41) is 4.42. The van der Waals surface area contributed by atoms with Crippen LogP contribution in [0, 0.1) is 12.8 Å². The minimum atomic E-state index is -0.279. The van der Waals surface area contributed by atoms with Gasteiger partial charge in [0.05, 0.1) is 18.0 Å². The standard InChI is InChI=1S/C25H35N3O3/c1-17-14-20(12-13-24(17)31-21-8-6-5-7-9-21)22-15-26-28(4)23(22)16-30-25(29)27(3)18(2)19-10-11-19/h12-15,18-19,21H,5-11,16H2,1-4H3/t18-/m0/s1. The predicted octanol–water partition coefficient (Wildman–Crippen LogP) is 5.47. The van der Waals surface area contributed by atoms with Gasteiger partial charge >= 0.3 is 6.09 Å². The molecule has 0 unspecified atom stereocenters. The molecule has 1 heterocycles. The number of aromatic nitrogens is 2. The first kappa shape index (κ1) is 21.7. The largest absolute Gasteiger partial charge is 0.490 e. The molecule has 0 aliphatic heterocycles. The lowest BCUT2D eigenvalue weighted by atomic mass is 9.97. The second-order valence-corrected chi connectivity index (χ2v) is 9.23. The number of nitrogens with zero attached hydrogens (tertiary/aromatic N) is 3. The van der Waals surface area contributed by atoms with Crippen LogP contribution in [0.15, 0.2) is 24.4 Å². The fraction of sp³-hybridized carbons (Fsp3) is 0.600. The summed E-state index contributed by atoms with van der Waals surface area (Å²) >= 11 is 0. The summed E-state index contributed by atoms with van der Waals surface area (Å²) in [6, 6.07) is 6.50. The topological polar surface area (TPSA) is 56.6 Å². The Balaban J connectivity index is 1.44. The van der Waals surface area contributed by atoms with Gasteiger partial charge in [0.15, 0.2) is 0 Å². The van der Waals surface area contributed by atoms with Crippen LogP contribution in [0.2, 0.25) is 0 Å². The maximum atomic E-state index is 12.5. The van der Waals surface area contributed by atoms with Gasteiger partial charge in [0, 0.05) is 25.7 Å². The van der Waals surface area contributed by atoms with E-state index in [1.807, 2.05) is 20.3 Å². The second kappa shape index (κ2) is 9.33. The number of ether oxygens (including phenoxy) is 2. The summed E-state index contributed by atoms with van der Waals surface area (Å²) < 4.78 is 13.7. The SMILES string of the molecule is Cc1cc(-c2cnn(C)c2COC(=O)N(C)[C@@H](C)C2CC2)ccc1OC1CCCCC1. The van der Waals surface area contributed by atoms with Crippen LogP contribution < -0.4 is 4.74 Å². The molecule has 168 valence electrons. The fourth-order valence-corrected chi connectivity index (χ4v) is 4.48. The van der Waals surface area contributed by atoms with Crippen molar-refractivity contribution in [2.24, 2.45) is 13.0 Å². The quantitative estimate of drug-likeness (QED) is 0.590. The van der Waals surface area contributed by atoms with Gasteiger partial charge in [0.25, 0.3) is 0 Å². The lowest BCUT2D eigenvalue weighted by Gasteiger charge is -2.24.